The highest BCUT2D eigenvalue weighted by molar-refractivity contribution is 9.12. The number of halogens is 2. The summed E-state index contributed by atoms with van der Waals surface area (Å²) in [6, 6.07) is 12.2. The van der Waals surface area contributed by atoms with Crippen molar-refractivity contribution in [2.75, 3.05) is 23.0 Å². The van der Waals surface area contributed by atoms with Gasteiger partial charge in [-0.2, -0.15) is 0 Å². The molecule has 204 valence electrons. The maximum Gasteiger partial charge on any atom is 0.316 e. The summed E-state index contributed by atoms with van der Waals surface area (Å²) in [6.45, 7) is 4.33. The van der Waals surface area contributed by atoms with Crippen molar-refractivity contribution in [3.8, 4) is 11.5 Å². The second-order valence-electron chi connectivity index (χ2n) is 10.7. The van der Waals surface area contributed by atoms with E-state index in [1.54, 1.807) is 42.2 Å². The lowest BCUT2D eigenvalue weighted by Crippen LogP contribution is -2.37. The van der Waals surface area contributed by atoms with E-state index in [4.69, 9.17) is 9.47 Å². The summed E-state index contributed by atoms with van der Waals surface area (Å²) in [5, 5.41) is 0. The van der Waals surface area contributed by atoms with Gasteiger partial charge >= 0.3 is 5.97 Å². The van der Waals surface area contributed by atoms with Gasteiger partial charge in [0.2, 0.25) is 17.7 Å². The fourth-order valence-electron chi connectivity index (χ4n) is 6.78. The van der Waals surface area contributed by atoms with Crippen LogP contribution in [-0.4, -0.2) is 46.5 Å². The molecule has 39 heavy (non-hydrogen) atoms. The molecule has 0 N–H and O–H groups in total. The normalized spacial score (nSPS) is 31.3. The number of anilines is 2. The van der Waals surface area contributed by atoms with Gasteiger partial charge in [-0.3, -0.25) is 19.2 Å². The van der Waals surface area contributed by atoms with E-state index in [9.17, 15) is 19.2 Å². The molecule has 7 atom stereocenters. The molecule has 4 aliphatic rings. The highest BCUT2D eigenvalue weighted by Gasteiger charge is 2.66. The molecule has 2 saturated heterocycles. The molecule has 0 spiro atoms. The van der Waals surface area contributed by atoms with Crippen molar-refractivity contribution in [1.29, 1.82) is 0 Å². The fraction of sp³-hybridized carbons (Fsp3) is 0.448. The lowest BCUT2D eigenvalue weighted by atomic mass is 9.81. The number of hydrogen-bond donors (Lipinski definition) is 0. The van der Waals surface area contributed by atoms with Gasteiger partial charge in [0.25, 0.3) is 0 Å². The molecule has 2 saturated carbocycles. The standard InChI is InChI=1S/C29H28Br2N2O6/c1-3-38-21-7-5-4-6-20(21)32-13-15(11-22(32)34)29(37)39-16-8-9-19(14(2)10-16)33-27(35)23-17-12-18(24(23)28(33)36)26(31)25(17)30/h4-10,15,17-18,23-26H,3,11-13H2,1-2H3/t15-,17-,18-,23-,24+,25-,26+/m1/s1. The van der Waals surface area contributed by atoms with Crippen LogP contribution in [0, 0.1) is 36.5 Å². The van der Waals surface area contributed by atoms with Gasteiger partial charge in [-0.15, -0.1) is 0 Å². The maximum atomic E-state index is 13.4. The summed E-state index contributed by atoms with van der Waals surface area (Å²) < 4.78 is 11.3. The molecule has 2 heterocycles. The molecule has 0 unspecified atom stereocenters. The number of esters is 1. The first kappa shape index (κ1) is 26.5. The molecule has 10 heteroatoms. The van der Waals surface area contributed by atoms with Gasteiger partial charge in [-0.1, -0.05) is 44.0 Å². The summed E-state index contributed by atoms with van der Waals surface area (Å²) in [5.74, 6) is -1.01. The third-order valence-corrected chi connectivity index (χ3v) is 11.7. The first-order valence-electron chi connectivity index (χ1n) is 13.2. The van der Waals surface area contributed by atoms with Crippen molar-refractivity contribution in [1.82, 2.24) is 0 Å². The minimum atomic E-state index is -0.627. The monoisotopic (exact) mass is 658 g/mol. The van der Waals surface area contributed by atoms with Crippen LogP contribution < -0.4 is 19.3 Å². The summed E-state index contributed by atoms with van der Waals surface area (Å²) in [6.07, 6.45) is 0.917. The SMILES string of the molecule is CCOc1ccccc1N1C[C@H](C(=O)Oc2ccc(N3C(=O)[C@@H]4[C@H]5C[C@@H]([C@H](Br)[C@@H]5Br)[C@@H]4C3=O)c(C)c2)CC1=O. The number of para-hydroxylation sites is 2. The first-order chi connectivity index (χ1) is 18.7. The molecule has 2 aromatic carbocycles. The van der Waals surface area contributed by atoms with Crippen LogP contribution in [0.15, 0.2) is 42.5 Å². The molecule has 2 bridgehead atoms. The summed E-state index contributed by atoms with van der Waals surface area (Å²) in [4.78, 5) is 55.8. The highest BCUT2D eigenvalue weighted by Crippen LogP contribution is 2.60. The Morgan fingerprint density at radius 3 is 2.28 bits per heavy atom. The van der Waals surface area contributed by atoms with Gasteiger partial charge < -0.3 is 14.4 Å². The number of ether oxygens (including phenoxy) is 2. The largest absolute Gasteiger partial charge is 0.492 e. The zero-order valence-electron chi connectivity index (χ0n) is 21.5. The molecule has 0 radical (unpaired) electrons. The summed E-state index contributed by atoms with van der Waals surface area (Å²) in [7, 11) is 0. The van der Waals surface area contributed by atoms with Crippen molar-refractivity contribution < 1.29 is 28.7 Å². The zero-order chi connectivity index (χ0) is 27.6. The van der Waals surface area contributed by atoms with Crippen molar-refractivity contribution in [2.24, 2.45) is 29.6 Å². The van der Waals surface area contributed by atoms with Gasteiger partial charge in [0.15, 0.2) is 0 Å². The highest BCUT2D eigenvalue weighted by atomic mass is 79.9. The van der Waals surface area contributed by atoms with E-state index in [0.29, 0.717) is 35.0 Å². The van der Waals surface area contributed by atoms with E-state index < -0.39 is 11.9 Å². The minimum Gasteiger partial charge on any atom is -0.492 e. The first-order valence-corrected chi connectivity index (χ1v) is 15.0. The van der Waals surface area contributed by atoms with Crippen molar-refractivity contribution in [2.45, 2.75) is 36.3 Å². The summed E-state index contributed by atoms with van der Waals surface area (Å²) >= 11 is 7.44. The molecule has 2 aromatic rings. The quantitative estimate of drug-likeness (QED) is 0.194. The molecule has 8 nitrogen and oxygen atoms in total. The Kier molecular flexibility index (Phi) is 6.82. The third-order valence-electron chi connectivity index (χ3n) is 8.53. The van der Waals surface area contributed by atoms with E-state index >= 15 is 0 Å². The Morgan fingerprint density at radius 1 is 0.974 bits per heavy atom. The predicted octanol–water partition coefficient (Wildman–Crippen LogP) is 4.63. The molecule has 6 rings (SSSR count). The number of rotatable bonds is 6. The number of nitrogens with zero attached hydrogens (tertiary/aromatic N) is 2. The van der Waals surface area contributed by atoms with E-state index in [1.807, 2.05) is 19.1 Å². The molecule has 2 aliphatic carbocycles. The third kappa shape index (κ3) is 4.22. The Labute approximate surface area is 243 Å². The number of imide groups is 1. The second kappa shape index (κ2) is 10.0. The number of benzene rings is 2. The molecule has 3 amide bonds. The van der Waals surface area contributed by atoms with Crippen LogP contribution in [0.2, 0.25) is 0 Å². The maximum absolute atomic E-state index is 13.4. The summed E-state index contributed by atoms with van der Waals surface area (Å²) in [5.41, 5.74) is 1.82. The van der Waals surface area contributed by atoms with Gasteiger partial charge in [-0.25, -0.2) is 4.90 Å². The van der Waals surface area contributed by atoms with Crippen LogP contribution in [0.3, 0.4) is 0 Å². The lowest BCUT2D eigenvalue weighted by molar-refractivity contribution is -0.139. The van der Waals surface area contributed by atoms with Crippen molar-refractivity contribution in [3.05, 3.63) is 48.0 Å². The van der Waals surface area contributed by atoms with Crippen molar-refractivity contribution in [3.63, 3.8) is 0 Å². The Bertz CT molecular complexity index is 1350. The van der Waals surface area contributed by atoms with Gasteiger partial charge in [-0.05, 0) is 68.0 Å². The van der Waals surface area contributed by atoms with Gasteiger partial charge in [0.1, 0.15) is 11.5 Å². The topological polar surface area (TPSA) is 93.2 Å². The molecule has 0 aromatic heterocycles. The zero-order valence-corrected chi connectivity index (χ0v) is 24.7. The minimum absolute atomic E-state index is 0.0430. The smallest absolute Gasteiger partial charge is 0.316 e. The van der Waals surface area contributed by atoms with E-state index in [2.05, 4.69) is 31.9 Å². The Hall–Kier alpha value is -2.72. The van der Waals surface area contributed by atoms with E-state index in [-0.39, 0.29) is 64.0 Å². The Balaban J connectivity index is 1.16. The predicted molar refractivity (Wildman–Crippen MR) is 151 cm³/mol. The molecular weight excluding hydrogens is 632 g/mol. The number of carbonyl (C=O) groups excluding carboxylic acids is 4. The van der Waals surface area contributed by atoms with Gasteiger partial charge in [0, 0.05) is 22.6 Å². The van der Waals surface area contributed by atoms with Crippen LogP contribution in [-0.2, 0) is 19.2 Å². The van der Waals surface area contributed by atoms with E-state index in [1.165, 1.54) is 4.90 Å². The fourth-order valence-corrected chi connectivity index (χ4v) is 8.66. The number of carbonyl (C=O) groups is 4. The average molecular weight is 660 g/mol. The Morgan fingerprint density at radius 2 is 1.64 bits per heavy atom. The van der Waals surface area contributed by atoms with Crippen LogP contribution >= 0.6 is 31.9 Å². The second-order valence-corrected chi connectivity index (χ2v) is 12.8. The number of hydrogen-bond acceptors (Lipinski definition) is 6. The lowest BCUT2D eigenvalue weighted by Gasteiger charge is -2.28. The van der Waals surface area contributed by atoms with Gasteiger partial charge in [0.05, 0.1) is 35.7 Å². The molecule has 2 aliphatic heterocycles. The molecule has 4 fully saturated rings. The van der Waals surface area contributed by atoms with Crippen LogP contribution in [0.5, 0.6) is 11.5 Å². The van der Waals surface area contributed by atoms with Crippen LogP contribution in [0.4, 0.5) is 11.4 Å². The number of amides is 3. The average Bonchev–Trinajstić information content (AvgIpc) is 3.63. The van der Waals surface area contributed by atoms with Crippen molar-refractivity contribution >= 4 is 66.9 Å². The van der Waals surface area contributed by atoms with E-state index in [0.717, 1.165) is 6.42 Å². The van der Waals surface area contributed by atoms with Crippen LogP contribution in [0.1, 0.15) is 25.3 Å². The molecular formula is C29H28Br2N2O6. The van der Waals surface area contributed by atoms with Crippen LogP contribution in [0.25, 0.3) is 0 Å². The number of alkyl halides is 2. The number of fused-ring (bicyclic) bond motifs is 5. The number of aryl methyl sites for hydroxylation is 1.